The van der Waals surface area contributed by atoms with Crippen molar-refractivity contribution in [2.45, 2.75) is 20.3 Å². The molecule has 1 aromatic heterocycles. The third kappa shape index (κ3) is 4.51. The zero-order chi connectivity index (χ0) is 19.1. The fraction of sp³-hybridized carbons (Fsp3) is 0.333. The molecule has 0 atom stereocenters. The van der Waals surface area contributed by atoms with Crippen molar-refractivity contribution < 1.29 is 14.4 Å². The summed E-state index contributed by atoms with van der Waals surface area (Å²) in [5, 5.41) is 21.4. The molecule has 0 spiro atoms. The van der Waals surface area contributed by atoms with E-state index in [9.17, 15) is 14.9 Å². The van der Waals surface area contributed by atoms with Crippen LogP contribution in [0.15, 0.2) is 28.2 Å². The van der Waals surface area contributed by atoms with Gasteiger partial charge in [-0.15, -0.1) is 0 Å². The van der Waals surface area contributed by atoms with Gasteiger partial charge in [-0.1, -0.05) is 6.92 Å². The molecule has 0 aliphatic rings. The van der Waals surface area contributed by atoms with Crippen LogP contribution in [-0.4, -0.2) is 39.2 Å². The minimum atomic E-state index is -0.560. The summed E-state index contributed by atoms with van der Waals surface area (Å²) in [6.07, 6.45) is 2.97. The number of nitro groups is 1. The zero-order valence-corrected chi connectivity index (χ0v) is 15.0. The van der Waals surface area contributed by atoms with E-state index in [2.05, 4.69) is 15.3 Å². The van der Waals surface area contributed by atoms with Gasteiger partial charge in [0.2, 0.25) is 10.5 Å². The Balaban J connectivity index is 2.52. The average molecular weight is 379 g/mol. The molecule has 2 rings (SSSR count). The lowest BCUT2D eigenvalue weighted by Crippen LogP contribution is -2.18. The van der Waals surface area contributed by atoms with Crippen LogP contribution < -0.4 is 15.0 Å². The molecule has 0 radical (unpaired) electrons. The largest absolute Gasteiger partial charge is 0.490 e. The molecular formula is C15H17N5O5S. The maximum atomic E-state index is 11.7. The van der Waals surface area contributed by atoms with Gasteiger partial charge in [0.1, 0.15) is 6.20 Å². The Labute approximate surface area is 153 Å². The van der Waals surface area contributed by atoms with Crippen molar-refractivity contribution >= 4 is 24.1 Å². The van der Waals surface area contributed by atoms with Gasteiger partial charge in [-0.2, -0.15) is 14.9 Å². The van der Waals surface area contributed by atoms with Gasteiger partial charge in [0.15, 0.2) is 5.75 Å². The number of benzene rings is 1. The Kier molecular flexibility index (Phi) is 6.55. The first kappa shape index (κ1) is 19.2. The summed E-state index contributed by atoms with van der Waals surface area (Å²) < 4.78 is 11.9. The van der Waals surface area contributed by atoms with Gasteiger partial charge in [0, 0.05) is 11.6 Å². The molecule has 0 fully saturated rings. The van der Waals surface area contributed by atoms with Gasteiger partial charge >= 0.3 is 5.69 Å². The highest BCUT2D eigenvalue weighted by molar-refractivity contribution is 7.71. The Morgan fingerprint density at radius 1 is 1.42 bits per heavy atom. The predicted octanol–water partition coefficient (Wildman–Crippen LogP) is 2.28. The third-order valence-electron chi connectivity index (χ3n) is 3.06. The SMILES string of the molecule is CCCOc1c(OCC)cc(/C=N\n2c(=O)cn[nH]c2=S)cc1[N+](=O)[O-]. The summed E-state index contributed by atoms with van der Waals surface area (Å²) in [7, 11) is 0. The molecule has 0 unspecified atom stereocenters. The van der Waals surface area contributed by atoms with Crippen molar-refractivity contribution in [3.63, 3.8) is 0 Å². The van der Waals surface area contributed by atoms with Crippen LogP contribution in [-0.2, 0) is 0 Å². The first-order valence-corrected chi connectivity index (χ1v) is 8.17. The topological polar surface area (TPSA) is 125 Å². The predicted molar refractivity (Wildman–Crippen MR) is 96.7 cm³/mol. The third-order valence-corrected chi connectivity index (χ3v) is 3.33. The number of nitrogens with zero attached hydrogens (tertiary/aromatic N) is 4. The molecule has 10 nitrogen and oxygen atoms in total. The van der Waals surface area contributed by atoms with Crippen LogP contribution in [0, 0.1) is 14.9 Å². The summed E-state index contributed by atoms with van der Waals surface area (Å²) in [4.78, 5) is 22.6. The number of nitrogens with one attached hydrogen (secondary N) is 1. The number of aromatic nitrogens is 3. The second-order valence-electron chi connectivity index (χ2n) is 4.98. The molecule has 11 heteroatoms. The van der Waals surface area contributed by atoms with Crippen LogP contribution in [0.2, 0.25) is 0 Å². The number of H-pyrrole nitrogens is 1. The Morgan fingerprint density at radius 3 is 2.81 bits per heavy atom. The number of ether oxygens (including phenoxy) is 2. The number of hydrogen-bond donors (Lipinski definition) is 1. The van der Waals surface area contributed by atoms with Gasteiger partial charge in [-0.25, -0.2) is 0 Å². The van der Waals surface area contributed by atoms with Gasteiger partial charge in [0.05, 0.1) is 24.4 Å². The summed E-state index contributed by atoms with van der Waals surface area (Å²) in [5.41, 5.74) is -0.437. The first-order valence-electron chi connectivity index (χ1n) is 7.77. The highest BCUT2D eigenvalue weighted by atomic mass is 32.1. The molecule has 0 saturated carbocycles. The molecule has 0 amide bonds. The van der Waals surface area contributed by atoms with Crippen LogP contribution in [0.4, 0.5) is 5.69 Å². The standard InChI is InChI=1S/C15H17N5O5S/c1-3-5-25-14-11(20(22)23)6-10(7-12(14)24-4-2)8-17-19-13(21)9-16-18-15(19)26/h6-9H,3-5H2,1-2H3,(H,18,26)/b17-8-. The zero-order valence-electron chi connectivity index (χ0n) is 14.2. The molecule has 0 saturated heterocycles. The maximum absolute atomic E-state index is 11.7. The maximum Gasteiger partial charge on any atom is 0.315 e. The molecule has 0 bridgehead atoms. The lowest BCUT2D eigenvalue weighted by molar-refractivity contribution is -0.386. The second-order valence-corrected chi connectivity index (χ2v) is 5.36. The highest BCUT2D eigenvalue weighted by Crippen LogP contribution is 2.38. The molecule has 1 heterocycles. The molecule has 138 valence electrons. The van der Waals surface area contributed by atoms with E-state index < -0.39 is 10.5 Å². The van der Waals surface area contributed by atoms with Crippen molar-refractivity contribution in [2.24, 2.45) is 5.10 Å². The molecular weight excluding hydrogens is 362 g/mol. The Morgan fingerprint density at radius 2 is 2.19 bits per heavy atom. The molecule has 1 aromatic carbocycles. The number of aromatic amines is 1. The average Bonchev–Trinajstić information content (AvgIpc) is 2.60. The van der Waals surface area contributed by atoms with Crippen molar-refractivity contribution in [3.8, 4) is 11.5 Å². The van der Waals surface area contributed by atoms with Gasteiger partial charge in [-0.05, 0) is 31.6 Å². The van der Waals surface area contributed by atoms with Crippen LogP contribution in [0.1, 0.15) is 25.8 Å². The Bertz CT molecular complexity index is 909. The van der Waals surface area contributed by atoms with Gasteiger partial charge in [0.25, 0.3) is 5.56 Å². The monoisotopic (exact) mass is 379 g/mol. The molecule has 0 aliphatic carbocycles. The molecule has 1 N–H and O–H groups in total. The van der Waals surface area contributed by atoms with E-state index in [-0.39, 0.29) is 22.0 Å². The second kappa shape index (κ2) is 8.85. The quantitative estimate of drug-likeness (QED) is 0.323. The van der Waals surface area contributed by atoms with Crippen molar-refractivity contribution in [2.75, 3.05) is 13.2 Å². The summed E-state index contributed by atoms with van der Waals surface area (Å²) >= 11 is 4.94. The van der Waals surface area contributed by atoms with E-state index in [0.717, 1.165) is 10.9 Å². The Hall–Kier alpha value is -3.08. The summed E-state index contributed by atoms with van der Waals surface area (Å²) in [6, 6.07) is 2.83. The number of rotatable bonds is 8. The molecule has 0 aliphatic heterocycles. The minimum Gasteiger partial charge on any atom is -0.490 e. The van der Waals surface area contributed by atoms with Crippen LogP contribution in [0.3, 0.4) is 0 Å². The smallest absolute Gasteiger partial charge is 0.315 e. The highest BCUT2D eigenvalue weighted by Gasteiger charge is 2.22. The van der Waals surface area contributed by atoms with E-state index in [4.69, 9.17) is 21.7 Å². The van der Waals surface area contributed by atoms with E-state index in [1.807, 2.05) is 6.92 Å². The van der Waals surface area contributed by atoms with Gasteiger partial charge < -0.3 is 9.47 Å². The normalized spacial score (nSPS) is 10.8. The first-order chi connectivity index (χ1) is 12.5. The lowest BCUT2D eigenvalue weighted by atomic mass is 10.2. The fourth-order valence-corrected chi connectivity index (χ4v) is 2.20. The number of hydrogen-bond acceptors (Lipinski definition) is 8. The summed E-state index contributed by atoms with van der Waals surface area (Å²) in [5.74, 6) is 0.290. The summed E-state index contributed by atoms with van der Waals surface area (Å²) in [6.45, 7) is 4.26. The minimum absolute atomic E-state index is 0.00354. The van der Waals surface area contributed by atoms with Crippen LogP contribution in [0.5, 0.6) is 11.5 Å². The van der Waals surface area contributed by atoms with E-state index >= 15 is 0 Å². The van der Waals surface area contributed by atoms with Crippen LogP contribution >= 0.6 is 12.2 Å². The van der Waals surface area contributed by atoms with Crippen molar-refractivity contribution in [1.29, 1.82) is 0 Å². The van der Waals surface area contributed by atoms with E-state index in [1.165, 1.54) is 12.3 Å². The van der Waals surface area contributed by atoms with Gasteiger partial charge in [-0.3, -0.25) is 20.0 Å². The molecule has 2 aromatic rings. The lowest BCUT2D eigenvalue weighted by Gasteiger charge is -2.12. The molecule has 26 heavy (non-hydrogen) atoms. The van der Waals surface area contributed by atoms with Crippen molar-refractivity contribution in [1.82, 2.24) is 14.9 Å². The van der Waals surface area contributed by atoms with Crippen molar-refractivity contribution in [3.05, 3.63) is 49.1 Å². The number of nitro benzene ring substituents is 1. The van der Waals surface area contributed by atoms with E-state index in [0.29, 0.717) is 25.2 Å². The fourth-order valence-electron chi connectivity index (χ4n) is 2.01. The van der Waals surface area contributed by atoms with E-state index in [1.54, 1.807) is 13.0 Å². The van der Waals surface area contributed by atoms with Crippen LogP contribution in [0.25, 0.3) is 0 Å².